The Bertz CT molecular complexity index is 1170. The highest BCUT2D eigenvalue weighted by Crippen LogP contribution is 2.39. The number of aromatic nitrogens is 4. The van der Waals surface area contributed by atoms with E-state index in [4.69, 9.17) is 11.6 Å². The summed E-state index contributed by atoms with van der Waals surface area (Å²) in [4.78, 5) is 13.2. The zero-order valence-corrected chi connectivity index (χ0v) is 17.2. The van der Waals surface area contributed by atoms with Gasteiger partial charge in [-0.2, -0.15) is 0 Å². The second-order valence-electron chi connectivity index (χ2n) is 7.97. The molecule has 1 fully saturated rings. The summed E-state index contributed by atoms with van der Waals surface area (Å²) in [5.74, 6) is 1.65. The first-order chi connectivity index (χ1) is 14.2. The van der Waals surface area contributed by atoms with Crippen LogP contribution in [0, 0.1) is 5.92 Å². The van der Waals surface area contributed by atoms with Crippen LogP contribution in [0.5, 0.6) is 0 Å². The number of hydrogen-bond donors (Lipinski definition) is 1. The van der Waals surface area contributed by atoms with Gasteiger partial charge in [0.1, 0.15) is 22.9 Å². The molecule has 0 radical (unpaired) electrons. The standard InChI is InChI=1S/C23H24ClN5/c1-25-21-9-7-17-6-4-16(13-20(17)28-21)3-2-15-5-8-18(12-15)29-11-10-19-22(24)26-14-27-23(19)29/h4,6-7,9-11,13-15,18H,2-3,5,8,12H2,1H3,(H,25,28). The maximum Gasteiger partial charge on any atom is 0.145 e. The van der Waals surface area contributed by atoms with Crippen LogP contribution in [0.2, 0.25) is 5.15 Å². The molecule has 5 rings (SSSR count). The van der Waals surface area contributed by atoms with Gasteiger partial charge >= 0.3 is 0 Å². The topological polar surface area (TPSA) is 55.6 Å². The smallest absolute Gasteiger partial charge is 0.145 e. The van der Waals surface area contributed by atoms with Crippen LogP contribution in [0.4, 0.5) is 5.82 Å². The molecule has 1 N–H and O–H groups in total. The molecule has 6 heteroatoms. The van der Waals surface area contributed by atoms with E-state index in [0.717, 1.165) is 34.7 Å². The first-order valence-electron chi connectivity index (χ1n) is 10.3. The second-order valence-corrected chi connectivity index (χ2v) is 8.33. The molecule has 0 amide bonds. The summed E-state index contributed by atoms with van der Waals surface area (Å²) in [6.07, 6.45) is 9.64. The number of nitrogens with one attached hydrogen (secondary N) is 1. The lowest BCUT2D eigenvalue weighted by molar-refractivity contribution is 0.461. The molecule has 0 aliphatic heterocycles. The number of rotatable bonds is 5. The Morgan fingerprint density at radius 2 is 2.03 bits per heavy atom. The van der Waals surface area contributed by atoms with Crippen molar-refractivity contribution in [2.45, 2.75) is 38.1 Å². The van der Waals surface area contributed by atoms with Crippen LogP contribution in [0.25, 0.3) is 21.9 Å². The van der Waals surface area contributed by atoms with Gasteiger partial charge in [-0.15, -0.1) is 0 Å². The summed E-state index contributed by atoms with van der Waals surface area (Å²) in [6, 6.07) is 13.3. The average molecular weight is 406 g/mol. The monoisotopic (exact) mass is 405 g/mol. The van der Waals surface area contributed by atoms with Crippen molar-refractivity contribution in [3.8, 4) is 0 Å². The van der Waals surface area contributed by atoms with Crippen molar-refractivity contribution in [1.29, 1.82) is 0 Å². The van der Waals surface area contributed by atoms with Gasteiger partial charge in [-0.3, -0.25) is 0 Å². The molecule has 1 aliphatic carbocycles. The van der Waals surface area contributed by atoms with Crippen molar-refractivity contribution in [1.82, 2.24) is 19.5 Å². The van der Waals surface area contributed by atoms with Crippen molar-refractivity contribution >= 4 is 39.4 Å². The molecule has 5 nitrogen and oxygen atoms in total. The average Bonchev–Trinajstić information content (AvgIpc) is 3.39. The molecule has 0 saturated heterocycles. The minimum absolute atomic E-state index is 0.500. The molecule has 29 heavy (non-hydrogen) atoms. The minimum Gasteiger partial charge on any atom is -0.373 e. The molecule has 0 bridgehead atoms. The van der Waals surface area contributed by atoms with Crippen molar-refractivity contribution in [2.75, 3.05) is 12.4 Å². The molecular weight excluding hydrogens is 382 g/mol. The van der Waals surface area contributed by atoms with E-state index < -0.39 is 0 Å². The molecule has 4 aromatic rings. The van der Waals surface area contributed by atoms with E-state index in [0.29, 0.717) is 11.2 Å². The van der Waals surface area contributed by atoms with E-state index in [9.17, 15) is 0 Å². The van der Waals surface area contributed by atoms with Crippen LogP contribution in [0.3, 0.4) is 0 Å². The van der Waals surface area contributed by atoms with E-state index in [1.54, 1.807) is 6.33 Å². The molecule has 0 spiro atoms. The number of aryl methyl sites for hydroxylation is 1. The Balaban J connectivity index is 1.26. The van der Waals surface area contributed by atoms with Crippen molar-refractivity contribution < 1.29 is 0 Å². The van der Waals surface area contributed by atoms with Crippen molar-refractivity contribution in [3.63, 3.8) is 0 Å². The molecular formula is C23H24ClN5. The Kier molecular flexibility index (Phi) is 4.84. The highest BCUT2D eigenvalue weighted by atomic mass is 35.5. The van der Waals surface area contributed by atoms with Crippen molar-refractivity contribution in [3.05, 3.63) is 59.6 Å². The molecule has 1 aromatic carbocycles. The number of nitrogens with zero attached hydrogens (tertiary/aromatic N) is 4. The summed E-state index contributed by atoms with van der Waals surface area (Å²) in [6.45, 7) is 0. The van der Waals surface area contributed by atoms with E-state index in [2.05, 4.69) is 55.3 Å². The van der Waals surface area contributed by atoms with Crippen LogP contribution < -0.4 is 5.32 Å². The lowest BCUT2D eigenvalue weighted by Crippen LogP contribution is -2.06. The lowest BCUT2D eigenvalue weighted by atomic mass is 9.97. The highest BCUT2D eigenvalue weighted by Gasteiger charge is 2.27. The Labute approximate surface area is 175 Å². The van der Waals surface area contributed by atoms with Crippen molar-refractivity contribution in [2.24, 2.45) is 5.92 Å². The molecule has 3 heterocycles. The third-order valence-corrected chi connectivity index (χ3v) is 6.52. The summed E-state index contributed by atoms with van der Waals surface area (Å²) in [5.41, 5.74) is 3.39. The summed E-state index contributed by atoms with van der Waals surface area (Å²) in [7, 11) is 1.91. The van der Waals surface area contributed by atoms with Crippen LogP contribution >= 0.6 is 11.6 Å². The Hall–Kier alpha value is -2.66. The highest BCUT2D eigenvalue weighted by molar-refractivity contribution is 6.33. The number of hydrogen-bond acceptors (Lipinski definition) is 4. The number of pyridine rings is 1. The summed E-state index contributed by atoms with van der Waals surface area (Å²) < 4.78 is 2.29. The number of anilines is 1. The maximum absolute atomic E-state index is 6.21. The number of benzene rings is 1. The van der Waals surface area contributed by atoms with Crippen LogP contribution in [-0.2, 0) is 6.42 Å². The van der Waals surface area contributed by atoms with Gasteiger partial charge in [-0.05, 0) is 67.9 Å². The molecule has 1 aliphatic rings. The fraction of sp³-hybridized carbons (Fsp3) is 0.348. The predicted molar refractivity (Wildman–Crippen MR) is 119 cm³/mol. The molecule has 2 unspecified atom stereocenters. The van der Waals surface area contributed by atoms with E-state index in [1.807, 2.05) is 19.2 Å². The number of halogens is 1. The minimum atomic E-state index is 0.500. The Morgan fingerprint density at radius 3 is 2.93 bits per heavy atom. The molecule has 2 atom stereocenters. The number of fused-ring (bicyclic) bond motifs is 2. The fourth-order valence-corrected chi connectivity index (χ4v) is 4.82. The van der Waals surface area contributed by atoms with E-state index in [1.165, 1.54) is 36.6 Å². The predicted octanol–water partition coefficient (Wildman–Crippen LogP) is 5.65. The van der Waals surface area contributed by atoms with Gasteiger partial charge in [0.05, 0.1) is 10.9 Å². The van der Waals surface area contributed by atoms with Gasteiger partial charge < -0.3 is 9.88 Å². The van der Waals surface area contributed by atoms with Gasteiger partial charge in [0, 0.05) is 24.7 Å². The van der Waals surface area contributed by atoms with Gasteiger partial charge in [0.25, 0.3) is 0 Å². The SMILES string of the molecule is CNc1ccc2ccc(CCC3CCC(n4ccc5c(Cl)ncnc54)C3)cc2n1. The van der Waals surface area contributed by atoms with E-state index in [-0.39, 0.29) is 0 Å². The second kappa shape index (κ2) is 7.64. The summed E-state index contributed by atoms with van der Waals surface area (Å²) >= 11 is 6.21. The first-order valence-corrected chi connectivity index (χ1v) is 10.6. The third kappa shape index (κ3) is 3.55. The third-order valence-electron chi connectivity index (χ3n) is 6.22. The molecule has 3 aromatic heterocycles. The zero-order chi connectivity index (χ0) is 19.8. The maximum atomic E-state index is 6.21. The normalized spacial score (nSPS) is 19.2. The van der Waals surface area contributed by atoms with E-state index >= 15 is 0 Å². The largest absolute Gasteiger partial charge is 0.373 e. The van der Waals surface area contributed by atoms with Gasteiger partial charge in [0.2, 0.25) is 0 Å². The van der Waals surface area contributed by atoms with Gasteiger partial charge in [-0.25, -0.2) is 15.0 Å². The zero-order valence-electron chi connectivity index (χ0n) is 16.5. The molecule has 148 valence electrons. The quantitative estimate of drug-likeness (QED) is 0.436. The Morgan fingerprint density at radius 1 is 1.14 bits per heavy atom. The summed E-state index contributed by atoms with van der Waals surface area (Å²) in [5, 5.41) is 5.79. The fourth-order valence-electron chi connectivity index (χ4n) is 4.63. The van der Waals surface area contributed by atoms with Crippen LogP contribution in [0.15, 0.2) is 48.9 Å². The lowest BCUT2D eigenvalue weighted by Gasteiger charge is -2.14. The molecule has 1 saturated carbocycles. The van der Waals surface area contributed by atoms with Crippen LogP contribution in [-0.4, -0.2) is 26.6 Å². The van der Waals surface area contributed by atoms with Gasteiger partial charge in [-0.1, -0.05) is 23.7 Å². The van der Waals surface area contributed by atoms with Crippen LogP contribution in [0.1, 0.15) is 37.3 Å². The first kappa shape index (κ1) is 18.4. The van der Waals surface area contributed by atoms with Gasteiger partial charge in [0.15, 0.2) is 0 Å².